The molecule has 1 aliphatic heterocycles. The topological polar surface area (TPSA) is 55.0 Å². The highest BCUT2D eigenvalue weighted by molar-refractivity contribution is 5.21. The van der Waals surface area contributed by atoms with Crippen molar-refractivity contribution in [3.63, 3.8) is 0 Å². The van der Waals surface area contributed by atoms with Gasteiger partial charge in [-0.05, 0) is 43.5 Å². The van der Waals surface area contributed by atoms with Crippen molar-refractivity contribution in [3.8, 4) is 0 Å². The first-order valence-electron chi connectivity index (χ1n) is 8.08. The predicted octanol–water partition coefficient (Wildman–Crippen LogP) is 3.04. The van der Waals surface area contributed by atoms with E-state index in [1.807, 2.05) is 6.07 Å². The minimum absolute atomic E-state index is 0.387. The van der Waals surface area contributed by atoms with Crippen LogP contribution in [0.1, 0.15) is 42.9 Å². The summed E-state index contributed by atoms with van der Waals surface area (Å²) in [7, 11) is 0. The maximum absolute atomic E-state index is 5.69. The monoisotopic (exact) mass is 296 g/mol. The van der Waals surface area contributed by atoms with E-state index in [1.165, 1.54) is 5.56 Å². The molecule has 4 nitrogen and oxygen atoms in total. The van der Waals surface area contributed by atoms with Crippen LogP contribution in [0.4, 0.5) is 5.95 Å². The van der Waals surface area contributed by atoms with E-state index < -0.39 is 0 Å². The molecule has 116 valence electrons. The second-order valence-corrected chi connectivity index (χ2v) is 6.23. The predicted molar refractivity (Wildman–Crippen MR) is 89.7 cm³/mol. The van der Waals surface area contributed by atoms with E-state index in [0.29, 0.717) is 17.8 Å². The van der Waals surface area contributed by atoms with Gasteiger partial charge in [0.1, 0.15) is 0 Å². The molecule has 1 fully saturated rings. The number of anilines is 1. The zero-order valence-corrected chi connectivity index (χ0v) is 13.2. The summed E-state index contributed by atoms with van der Waals surface area (Å²) in [6, 6.07) is 12.8. The van der Waals surface area contributed by atoms with Gasteiger partial charge in [0.05, 0.1) is 0 Å². The third kappa shape index (κ3) is 3.63. The van der Waals surface area contributed by atoms with Crippen molar-refractivity contribution in [2.75, 3.05) is 25.4 Å². The van der Waals surface area contributed by atoms with Gasteiger partial charge in [-0.1, -0.05) is 37.3 Å². The first kappa shape index (κ1) is 15.0. The molecule has 0 amide bonds. The number of piperidine rings is 1. The van der Waals surface area contributed by atoms with E-state index in [0.717, 1.165) is 38.2 Å². The fourth-order valence-corrected chi connectivity index (χ4v) is 3.30. The van der Waals surface area contributed by atoms with Gasteiger partial charge in [-0.3, -0.25) is 0 Å². The second-order valence-electron chi connectivity index (χ2n) is 6.23. The van der Waals surface area contributed by atoms with Gasteiger partial charge in [-0.25, -0.2) is 9.97 Å². The minimum atomic E-state index is 0.387. The summed E-state index contributed by atoms with van der Waals surface area (Å²) < 4.78 is 0. The number of nitrogen functional groups attached to an aromatic ring is 1. The average molecular weight is 296 g/mol. The molecule has 1 saturated heterocycles. The van der Waals surface area contributed by atoms with Gasteiger partial charge in [-0.15, -0.1) is 0 Å². The molecule has 1 aliphatic rings. The van der Waals surface area contributed by atoms with Crippen LogP contribution in [0, 0.1) is 0 Å². The number of nitrogens with two attached hydrogens (primary N) is 1. The first-order chi connectivity index (χ1) is 10.7. The Balaban J connectivity index is 1.54. The van der Waals surface area contributed by atoms with E-state index in [4.69, 9.17) is 5.73 Å². The van der Waals surface area contributed by atoms with E-state index in [-0.39, 0.29) is 0 Å². The summed E-state index contributed by atoms with van der Waals surface area (Å²) in [5.74, 6) is 1.48. The highest BCUT2D eigenvalue weighted by Crippen LogP contribution is 2.28. The Hall–Kier alpha value is -1.94. The smallest absolute Gasteiger partial charge is 0.220 e. The molecular formula is C18H24N4. The zero-order chi connectivity index (χ0) is 15.4. The highest BCUT2D eigenvalue weighted by atomic mass is 15.1. The van der Waals surface area contributed by atoms with Crippen LogP contribution in [0.25, 0.3) is 0 Å². The lowest BCUT2D eigenvalue weighted by atomic mass is 9.92. The first-order valence-corrected chi connectivity index (χ1v) is 8.08. The number of likely N-dealkylation sites (tertiary alicyclic amines) is 1. The molecule has 1 aromatic carbocycles. The summed E-state index contributed by atoms with van der Waals surface area (Å²) >= 11 is 0. The normalized spacial score (nSPS) is 18.2. The number of benzene rings is 1. The van der Waals surface area contributed by atoms with E-state index in [1.54, 1.807) is 6.20 Å². The molecule has 0 saturated carbocycles. The fourth-order valence-electron chi connectivity index (χ4n) is 3.30. The maximum Gasteiger partial charge on any atom is 0.220 e. The molecule has 0 radical (unpaired) electrons. The maximum atomic E-state index is 5.69. The van der Waals surface area contributed by atoms with Crippen LogP contribution in [0.3, 0.4) is 0 Å². The SMILES string of the molecule is C[C@H](CN1CCC(c2ccnc(N)n2)CC1)c1ccccc1. The quantitative estimate of drug-likeness (QED) is 0.942. The van der Waals surface area contributed by atoms with Crippen LogP contribution in [0.2, 0.25) is 0 Å². The van der Waals surface area contributed by atoms with Crippen LogP contribution >= 0.6 is 0 Å². The van der Waals surface area contributed by atoms with Gasteiger partial charge in [-0.2, -0.15) is 0 Å². The summed E-state index contributed by atoms with van der Waals surface area (Å²) in [6.45, 7) is 5.70. The van der Waals surface area contributed by atoms with Crippen LogP contribution in [-0.2, 0) is 0 Å². The van der Waals surface area contributed by atoms with E-state index >= 15 is 0 Å². The van der Waals surface area contributed by atoms with Gasteiger partial charge in [0, 0.05) is 24.4 Å². The molecule has 0 bridgehead atoms. The van der Waals surface area contributed by atoms with Crippen LogP contribution in [0.15, 0.2) is 42.6 Å². The molecule has 1 atom stereocenters. The highest BCUT2D eigenvalue weighted by Gasteiger charge is 2.23. The van der Waals surface area contributed by atoms with E-state index in [9.17, 15) is 0 Å². The van der Waals surface area contributed by atoms with Crippen molar-refractivity contribution in [1.82, 2.24) is 14.9 Å². The Morgan fingerprint density at radius 1 is 1.18 bits per heavy atom. The van der Waals surface area contributed by atoms with Crippen molar-refractivity contribution >= 4 is 5.95 Å². The number of hydrogen-bond donors (Lipinski definition) is 1. The molecule has 3 rings (SSSR count). The summed E-state index contributed by atoms with van der Waals surface area (Å²) in [5.41, 5.74) is 8.21. The van der Waals surface area contributed by atoms with Crippen LogP contribution < -0.4 is 5.73 Å². The Kier molecular flexibility index (Phi) is 4.68. The molecule has 4 heteroatoms. The van der Waals surface area contributed by atoms with E-state index in [2.05, 4.69) is 52.1 Å². The number of aromatic nitrogens is 2. The Labute approximate surface area is 132 Å². The summed E-state index contributed by atoms with van der Waals surface area (Å²) in [6.07, 6.45) is 4.07. The van der Waals surface area contributed by atoms with Crippen molar-refractivity contribution in [3.05, 3.63) is 53.9 Å². The van der Waals surface area contributed by atoms with Crippen molar-refractivity contribution in [1.29, 1.82) is 0 Å². The van der Waals surface area contributed by atoms with Crippen molar-refractivity contribution < 1.29 is 0 Å². The van der Waals surface area contributed by atoms with Crippen LogP contribution in [-0.4, -0.2) is 34.5 Å². The Morgan fingerprint density at radius 3 is 2.59 bits per heavy atom. The van der Waals surface area contributed by atoms with Gasteiger partial charge in [0.2, 0.25) is 5.95 Å². The molecular weight excluding hydrogens is 272 g/mol. The van der Waals surface area contributed by atoms with Gasteiger partial charge in [0.25, 0.3) is 0 Å². The Morgan fingerprint density at radius 2 is 1.91 bits per heavy atom. The minimum Gasteiger partial charge on any atom is -0.368 e. The molecule has 2 N–H and O–H groups in total. The summed E-state index contributed by atoms with van der Waals surface area (Å²) in [4.78, 5) is 10.9. The third-order valence-electron chi connectivity index (χ3n) is 4.60. The van der Waals surface area contributed by atoms with Crippen molar-refractivity contribution in [2.45, 2.75) is 31.6 Å². The fraction of sp³-hybridized carbons (Fsp3) is 0.444. The number of nitrogens with zero attached hydrogens (tertiary/aromatic N) is 3. The molecule has 2 heterocycles. The molecule has 0 unspecified atom stereocenters. The molecule has 22 heavy (non-hydrogen) atoms. The zero-order valence-electron chi connectivity index (χ0n) is 13.2. The molecule has 1 aromatic heterocycles. The van der Waals surface area contributed by atoms with Crippen molar-refractivity contribution in [2.24, 2.45) is 0 Å². The summed E-state index contributed by atoms with van der Waals surface area (Å²) in [5, 5.41) is 0. The lowest BCUT2D eigenvalue weighted by molar-refractivity contribution is 0.202. The lowest BCUT2D eigenvalue weighted by Gasteiger charge is -2.33. The van der Waals surface area contributed by atoms with Gasteiger partial charge in [0.15, 0.2) is 0 Å². The molecule has 2 aromatic rings. The lowest BCUT2D eigenvalue weighted by Crippen LogP contribution is -2.35. The average Bonchev–Trinajstić information content (AvgIpc) is 2.56. The van der Waals surface area contributed by atoms with Crippen LogP contribution in [0.5, 0.6) is 0 Å². The van der Waals surface area contributed by atoms with Gasteiger partial charge >= 0.3 is 0 Å². The standard InChI is InChI=1S/C18H24N4/c1-14(15-5-3-2-4-6-15)13-22-11-8-16(9-12-22)17-7-10-20-18(19)21-17/h2-7,10,14,16H,8-9,11-13H2,1H3,(H2,19,20,21)/t14-/m1/s1. The number of rotatable bonds is 4. The second kappa shape index (κ2) is 6.88. The van der Waals surface area contributed by atoms with Gasteiger partial charge < -0.3 is 10.6 Å². The largest absolute Gasteiger partial charge is 0.368 e. The third-order valence-corrected chi connectivity index (χ3v) is 4.60. The Bertz CT molecular complexity index is 591. The number of hydrogen-bond acceptors (Lipinski definition) is 4. The molecule has 0 aliphatic carbocycles. The molecule has 0 spiro atoms.